The van der Waals surface area contributed by atoms with Crippen molar-refractivity contribution in [3.8, 4) is 0 Å². The summed E-state index contributed by atoms with van der Waals surface area (Å²) >= 11 is 0. The zero-order chi connectivity index (χ0) is 19.3. The third-order valence-corrected chi connectivity index (χ3v) is 3.77. The number of carboxylic acids is 1. The molecule has 0 saturated heterocycles. The van der Waals surface area contributed by atoms with Gasteiger partial charge in [-0.2, -0.15) is 0 Å². The Morgan fingerprint density at radius 2 is 1.56 bits per heavy atom. The maximum absolute atomic E-state index is 12.3. The average Bonchev–Trinajstić information content (AvgIpc) is 2.50. The van der Waals surface area contributed by atoms with Crippen LogP contribution >= 0.6 is 0 Å². The summed E-state index contributed by atoms with van der Waals surface area (Å²) < 4.78 is 0. The lowest BCUT2D eigenvalue weighted by Crippen LogP contribution is -2.43. The van der Waals surface area contributed by atoms with Crippen LogP contribution < -0.4 is 10.6 Å². The second-order valence-corrected chi connectivity index (χ2v) is 7.86. The molecule has 0 unspecified atom stereocenters. The lowest BCUT2D eigenvalue weighted by atomic mass is 9.95. The van der Waals surface area contributed by atoms with Gasteiger partial charge in [-0.15, -0.1) is 0 Å². The molecule has 6 heteroatoms. The molecule has 1 rings (SSSR count). The first-order valence-corrected chi connectivity index (χ1v) is 8.32. The average molecular weight is 348 g/mol. The molecule has 0 aromatic heterocycles. The minimum atomic E-state index is -0.885. The molecule has 0 bridgehead atoms. The first-order chi connectivity index (χ1) is 11.4. The number of hydrogen-bond donors (Lipinski definition) is 3. The molecule has 2 amide bonds. The molecule has 1 aromatic carbocycles. The van der Waals surface area contributed by atoms with Crippen LogP contribution in [0.15, 0.2) is 24.3 Å². The van der Waals surface area contributed by atoms with Gasteiger partial charge < -0.3 is 15.7 Å². The number of rotatable bonds is 7. The molecule has 0 heterocycles. The fourth-order valence-corrected chi connectivity index (χ4v) is 2.08. The summed E-state index contributed by atoms with van der Waals surface area (Å²) in [5.41, 5.74) is 0.351. The number of aliphatic carboxylic acids is 1. The smallest absolute Gasteiger partial charge is 0.303 e. The molecular formula is C19H28N2O4. The molecule has 138 valence electrons. The van der Waals surface area contributed by atoms with Gasteiger partial charge in [-0.1, -0.05) is 32.9 Å². The fourth-order valence-electron chi connectivity index (χ4n) is 2.08. The maximum Gasteiger partial charge on any atom is 0.303 e. The van der Waals surface area contributed by atoms with E-state index in [1.165, 1.54) is 0 Å². The van der Waals surface area contributed by atoms with Crippen LogP contribution in [0, 0.1) is 5.41 Å². The number of hydrogen-bond acceptors (Lipinski definition) is 3. The molecule has 25 heavy (non-hydrogen) atoms. The molecule has 0 spiro atoms. The van der Waals surface area contributed by atoms with Crippen molar-refractivity contribution in [2.45, 2.75) is 59.5 Å². The van der Waals surface area contributed by atoms with Gasteiger partial charge in [0.05, 0.1) is 0 Å². The van der Waals surface area contributed by atoms with E-state index in [1.54, 1.807) is 38.1 Å². The fraction of sp³-hybridized carbons (Fsp3) is 0.526. The Kier molecular flexibility index (Phi) is 6.73. The molecule has 0 atom stereocenters. The van der Waals surface area contributed by atoms with Crippen LogP contribution in [0.4, 0.5) is 0 Å². The van der Waals surface area contributed by atoms with E-state index in [0.29, 0.717) is 18.5 Å². The van der Waals surface area contributed by atoms with Crippen molar-refractivity contribution in [1.29, 1.82) is 0 Å². The normalized spacial score (nSPS) is 11.7. The summed E-state index contributed by atoms with van der Waals surface area (Å²) in [6, 6.07) is 6.98. The molecule has 0 aliphatic rings. The van der Waals surface area contributed by atoms with Gasteiger partial charge in [-0.05, 0) is 38.0 Å². The summed E-state index contributed by atoms with van der Waals surface area (Å²) in [7, 11) is 0. The van der Waals surface area contributed by atoms with Gasteiger partial charge in [-0.3, -0.25) is 14.4 Å². The van der Waals surface area contributed by atoms with Crippen molar-refractivity contribution >= 4 is 17.8 Å². The quantitative estimate of drug-likeness (QED) is 0.706. The highest BCUT2D eigenvalue weighted by Crippen LogP contribution is 2.15. The van der Waals surface area contributed by atoms with Crippen molar-refractivity contribution < 1.29 is 19.5 Å². The monoisotopic (exact) mass is 348 g/mol. The van der Waals surface area contributed by atoms with Crippen LogP contribution in [0.3, 0.4) is 0 Å². The van der Waals surface area contributed by atoms with Crippen LogP contribution in [-0.2, 0) is 16.1 Å². The van der Waals surface area contributed by atoms with Gasteiger partial charge in [0.1, 0.15) is 0 Å². The zero-order valence-electron chi connectivity index (χ0n) is 15.6. The van der Waals surface area contributed by atoms with Gasteiger partial charge in [-0.25, -0.2) is 0 Å². The molecule has 3 N–H and O–H groups in total. The Balaban J connectivity index is 2.62. The molecule has 0 radical (unpaired) electrons. The molecule has 1 aromatic rings. The van der Waals surface area contributed by atoms with Crippen molar-refractivity contribution in [1.82, 2.24) is 10.6 Å². The van der Waals surface area contributed by atoms with E-state index in [1.807, 2.05) is 20.8 Å². The largest absolute Gasteiger partial charge is 0.481 e. The minimum absolute atomic E-state index is 0.000305. The van der Waals surface area contributed by atoms with E-state index < -0.39 is 16.9 Å². The highest BCUT2D eigenvalue weighted by molar-refractivity contribution is 5.94. The number of benzene rings is 1. The molecular weight excluding hydrogens is 320 g/mol. The second-order valence-electron chi connectivity index (χ2n) is 7.86. The first kappa shape index (κ1) is 20.7. The van der Waals surface area contributed by atoms with Crippen molar-refractivity contribution in [2.75, 3.05) is 0 Å². The Labute approximate surface area is 149 Å². The predicted octanol–water partition coefficient (Wildman–Crippen LogP) is 2.72. The molecule has 0 aliphatic carbocycles. The van der Waals surface area contributed by atoms with Crippen molar-refractivity contribution in [3.05, 3.63) is 35.4 Å². The van der Waals surface area contributed by atoms with E-state index in [2.05, 4.69) is 10.6 Å². The van der Waals surface area contributed by atoms with Crippen molar-refractivity contribution in [2.24, 2.45) is 5.41 Å². The topological polar surface area (TPSA) is 95.5 Å². The van der Waals surface area contributed by atoms with E-state index in [9.17, 15) is 14.4 Å². The minimum Gasteiger partial charge on any atom is -0.481 e. The zero-order valence-corrected chi connectivity index (χ0v) is 15.6. The van der Waals surface area contributed by atoms with Crippen LogP contribution in [-0.4, -0.2) is 28.4 Å². The standard InChI is InChI=1S/C19H28N2O4/c1-18(2,3)17(25)20-12-13-6-8-14(9-7-13)16(24)21-19(4,5)11-10-15(22)23/h6-9H,10-12H2,1-5H3,(H,20,25)(H,21,24)(H,22,23). The lowest BCUT2D eigenvalue weighted by Gasteiger charge is -2.25. The lowest BCUT2D eigenvalue weighted by molar-refractivity contribution is -0.137. The predicted molar refractivity (Wildman–Crippen MR) is 96.2 cm³/mol. The van der Waals surface area contributed by atoms with E-state index in [4.69, 9.17) is 5.11 Å². The van der Waals surface area contributed by atoms with E-state index >= 15 is 0 Å². The SMILES string of the molecule is CC(C)(CCC(=O)O)NC(=O)c1ccc(CNC(=O)C(C)(C)C)cc1. The second kappa shape index (κ2) is 8.14. The van der Waals surface area contributed by atoms with Gasteiger partial charge in [0.15, 0.2) is 0 Å². The number of carbonyl (C=O) groups is 3. The number of carboxylic acid groups (broad SMARTS) is 1. The Bertz CT molecular complexity index is 628. The van der Waals surface area contributed by atoms with E-state index in [0.717, 1.165) is 5.56 Å². The summed E-state index contributed by atoms with van der Waals surface area (Å²) in [5.74, 6) is -1.17. The Hall–Kier alpha value is -2.37. The van der Waals surface area contributed by atoms with Crippen LogP contribution in [0.5, 0.6) is 0 Å². The highest BCUT2D eigenvalue weighted by Gasteiger charge is 2.22. The molecule has 0 aliphatic heterocycles. The molecule has 0 fully saturated rings. The third-order valence-electron chi connectivity index (χ3n) is 3.77. The Morgan fingerprint density at radius 1 is 1.00 bits per heavy atom. The molecule has 6 nitrogen and oxygen atoms in total. The van der Waals surface area contributed by atoms with Gasteiger partial charge >= 0.3 is 5.97 Å². The van der Waals surface area contributed by atoms with Gasteiger partial charge in [0.25, 0.3) is 5.91 Å². The third kappa shape index (κ3) is 7.37. The van der Waals surface area contributed by atoms with Gasteiger partial charge in [0, 0.05) is 29.5 Å². The first-order valence-electron chi connectivity index (χ1n) is 8.32. The number of carbonyl (C=O) groups excluding carboxylic acids is 2. The van der Waals surface area contributed by atoms with Gasteiger partial charge in [0.2, 0.25) is 5.91 Å². The summed E-state index contributed by atoms with van der Waals surface area (Å²) in [6.45, 7) is 9.54. The number of nitrogens with one attached hydrogen (secondary N) is 2. The van der Waals surface area contributed by atoms with Crippen LogP contribution in [0.2, 0.25) is 0 Å². The highest BCUT2D eigenvalue weighted by atomic mass is 16.4. The Morgan fingerprint density at radius 3 is 2.04 bits per heavy atom. The van der Waals surface area contributed by atoms with Crippen molar-refractivity contribution in [3.63, 3.8) is 0 Å². The summed E-state index contributed by atoms with van der Waals surface area (Å²) in [4.78, 5) is 34.8. The molecule has 0 saturated carbocycles. The number of amides is 2. The van der Waals surface area contributed by atoms with Crippen LogP contribution in [0.25, 0.3) is 0 Å². The summed E-state index contributed by atoms with van der Waals surface area (Å²) in [5, 5.41) is 14.5. The van der Waals surface area contributed by atoms with E-state index in [-0.39, 0.29) is 18.2 Å². The van der Waals surface area contributed by atoms with Crippen LogP contribution in [0.1, 0.15) is 63.4 Å². The summed E-state index contributed by atoms with van der Waals surface area (Å²) in [6.07, 6.45) is 0.352. The maximum atomic E-state index is 12.3.